The summed E-state index contributed by atoms with van der Waals surface area (Å²) in [6.07, 6.45) is 1.22. The smallest absolute Gasteiger partial charge is 0.225 e. The van der Waals surface area contributed by atoms with Crippen molar-refractivity contribution in [3.63, 3.8) is 0 Å². The zero-order valence-corrected chi connectivity index (χ0v) is 11.6. The molecule has 0 aliphatic carbocycles. The van der Waals surface area contributed by atoms with E-state index in [1.807, 2.05) is 18.2 Å². The summed E-state index contributed by atoms with van der Waals surface area (Å²) in [5.74, 6) is 0.0492. The minimum atomic E-state index is 0.0492. The maximum absolute atomic E-state index is 11.2. The minimum Gasteiger partial charge on any atom is -0.355 e. The second-order valence-electron chi connectivity index (χ2n) is 3.53. The number of aliphatic imine (C=N–C) groups is 1. The van der Waals surface area contributed by atoms with Crippen LogP contribution in [-0.4, -0.2) is 18.2 Å². The van der Waals surface area contributed by atoms with Gasteiger partial charge in [-0.2, -0.15) is 0 Å². The number of hydrogen-bond acceptors (Lipinski definition) is 2. The maximum atomic E-state index is 11.2. The zero-order chi connectivity index (χ0) is 11.5. The number of rotatable bonds is 1. The Bertz CT molecular complexity index is 437. The van der Waals surface area contributed by atoms with Crippen LogP contribution in [-0.2, 0) is 4.79 Å². The number of nitrogens with one attached hydrogen (secondary N) is 1. The molecule has 0 spiro atoms. The summed E-state index contributed by atoms with van der Waals surface area (Å²) in [5.41, 5.74) is 1.78. The third kappa shape index (κ3) is 2.71. The summed E-state index contributed by atoms with van der Waals surface area (Å²) in [4.78, 5) is 15.7. The lowest BCUT2D eigenvalue weighted by Crippen LogP contribution is -2.33. The molecule has 0 aromatic heterocycles. The van der Waals surface area contributed by atoms with Gasteiger partial charge in [0.25, 0.3) is 0 Å². The number of halogens is 2. The van der Waals surface area contributed by atoms with E-state index in [1.165, 1.54) is 0 Å². The Kier molecular flexibility index (Phi) is 3.76. The number of benzene rings is 1. The summed E-state index contributed by atoms with van der Waals surface area (Å²) < 4.78 is 1.86. The van der Waals surface area contributed by atoms with Crippen molar-refractivity contribution >= 4 is 49.2 Å². The van der Waals surface area contributed by atoms with Crippen molar-refractivity contribution in [3.05, 3.63) is 27.1 Å². The molecule has 1 aliphatic heterocycles. The van der Waals surface area contributed by atoms with Crippen LogP contribution in [0.5, 0.6) is 0 Å². The van der Waals surface area contributed by atoms with Crippen molar-refractivity contribution in [3.8, 4) is 0 Å². The van der Waals surface area contributed by atoms with E-state index in [1.54, 1.807) is 0 Å². The largest absolute Gasteiger partial charge is 0.355 e. The van der Waals surface area contributed by atoms with E-state index in [0.717, 1.165) is 26.8 Å². The van der Waals surface area contributed by atoms with Crippen molar-refractivity contribution in [2.75, 3.05) is 6.54 Å². The molecule has 3 nitrogen and oxygen atoms in total. The minimum absolute atomic E-state index is 0.0492. The topological polar surface area (TPSA) is 41.5 Å². The first-order valence-corrected chi connectivity index (χ1v) is 6.52. The fourth-order valence-corrected chi connectivity index (χ4v) is 2.71. The molecule has 16 heavy (non-hydrogen) atoms. The van der Waals surface area contributed by atoms with Crippen molar-refractivity contribution in [2.24, 2.45) is 4.99 Å². The molecular weight excluding hydrogens is 336 g/mol. The van der Waals surface area contributed by atoms with E-state index in [9.17, 15) is 4.79 Å². The monoisotopic (exact) mass is 344 g/mol. The van der Waals surface area contributed by atoms with Crippen LogP contribution in [0, 0.1) is 0 Å². The maximum Gasteiger partial charge on any atom is 0.225 e. The molecule has 1 aromatic carbocycles. The highest BCUT2D eigenvalue weighted by Crippen LogP contribution is 2.33. The second kappa shape index (κ2) is 5.10. The van der Waals surface area contributed by atoms with Crippen molar-refractivity contribution in [1.29, 1.82) is 0 Å². The van der Waals surface area contributed by atoms with Crippen LogP contribution in [0.2, 0.25) is 0 Å². The third-order valence-corrected chi connectivity index (χ3v) is 3.59. The van der Waals surface area contributed by atoms with Gasteiger partial charge in [0.05, 0.1) is 12.1 Å². The number of piperidine rings is 1. The first-order valence-electron chi connectivity index (χ1n) is 4.94. The lowest BCUT2D eigenvalue weighted by molar-refractivity contribution is -0.120. The number of carbonyl (C=O) groups excluding carboxylic acids is 1. The molecular formula is C11H10Br2N2O. The molecule has 2 rings (SSSR count). The molecule has 1 saturated heterocycles. The Morgan fingerprint density at radius 2 is 1.94 bits per heavy atom. The van der Waals surface area contributed by atoms with Gasteiger partial charge in [0.2, 0.25) is 5.91 Å². The Morgan fingerprint density at radius 1 is 1.25 bits per heavy atom. The predicted octanol–water partition coefficient (Wildman–Crippen LogP) is 3.19. The number of carbonyl (C=O) groups is 1. The Morgan fingerprint density at radius 3 is 2.56 bits per heavy atom. The van der Waals surface area contributed by atoms with E-state index < -0.39 is 0 Å². The van der Waals surface area contributed by atoms with Gasteiger partial charge in [-0.3, -0.25) is 9.79 Å². The van der Waals surface area contributed by atoms with Crippen molar-refractivity contribution < 1.29 is 4.79 Å². The van der Waals surface area contributed by atoms with E-state index in [4.69, 9.17) is 0 Å². The van der Waals surface area contributed by atoms with Gasteiger partial charge in [-0.1, -0.05) is 6.07 Å². The molecule has 0 unspecified atom stereocenters. The fourth-order valence-electron chi connectivity index (χ4n) is 1.53. The molecule has 0 bridgehead atoms. The molecule has 1 N–H and O–H groups in total. The molecule has 1 amide bonds. The molecule has 1 heterocycles. The lowest BCUT2D eigenvalue weighted by Gasteiger charge is -2.14. The SMILES string of the molecule is O=C1CC(=Nc2c(Br)cccc2Br)CCN1. The van der Waals surface area contributed by atoms with Crippen LogP contribution >= 0.6 is 31.9 Å². The fraction of sp³-hybridized carbons (Fsp3) is 0.273. The summed E-state index contributed by atoms with van der Waals surface area (Å²) in [6, 6.07) is 5.81. The Balaban J connectivity index is 2.31. The van der Waals surface area contributed by atoms with Gasteiger partial charge >= 0.3 is 0 Å². The molecule has 0 atom stereocenters. The van der Waals surface area contributed by atoms with Crippen LogP contribution in [0.1, 0.15) is 12.8 Å². The number of amides is 1. The molecule has 5 heteroatoms. The standard InChI is InChI=1S/C11H10Br2N2O/c12-8-2-1-3-9(13)11(8)15-7-4-5-14-10(16)6-7/h1-3H,4-6H2,(H,14,16). The van der Waals surface area contributed by atoms with Gasteiger partial charge in [0.15, 0.2) is 0 Å². The van der Waals surface area contributed by atoms with Gasteiger partial charge in [-0.05, 0) is 44.0 Å². The first kappa shape index (κ1) is 11.8. The van der Waals surface area contributed by atoms with Gasteiger partial charge in [-0.25, -0.2) is 0 Å². The van der Waals surface area contributed by atoms with Crippen LogP contribution in [0.25, 0.3) is 0 Å². The highest BCUT2D eigenvalue weighted by Gasteiger charge is 2.14. The quantitative estimate of drug-likeness (QED) is 0.834. The van der Waals surface area contributed by atoms with E-state index >= 15 is 0 Å². The van der Waals surface area contributed by atoms with Crippen LogP contribution < -0.4 is 5.32 Å². The highest BCUT2D eigenvalue weighted by atomic mass is 79.9. The normalized spacial score (nSPS) is 18.6. The molecule has 1 aliphatic rings. The van der Waals surface area contributed by atoms with Crippen LogP contribution in [0.4, 0.5) is 5.69 Å². The molecule has 1 fully saturated rings. The lowest BCUT2D eigenvalue weighted by atomic mass is 10.1. The highest BCUT2D eigenvalue weighted by molar-refractivity contribution is 9.11. The van der Waals surface area contributed by atoms with E-state index in [2.05, 4.69) is 42.2 Å². The summed E-state index contributed by atoms with van der Waals surface area (Å²) in [6.45, 7) is 0.680. The van der Waals surface area contributed by atoms with Crippen molar-refractivity contribution in [2.45, 2.75) is 12.8 Å². The molecule has 0 saturated carbocycles. The number of hydrogen-bond donors (Lipinski definition) is 1. The third-order valence-electron chi connectivity index (χ3n) is 2.31. The predicted molar refractivity (Wildman–Crippen MR) is 71.2 cm³/mol. The number of para-hydroxylation sites is 1. The van der Waals surface area contributed by atoms with E-state index in [0.29, 0.717) is 13.0 Å². The zero-order valence-electron chi connectivity index (χ0n) is 8.46. The van der Waals surface area contributed by atoms with Gasteiger partial charge in [0.1, 0.15) is 0 Å². The molecule has 1 aromatic rings. The first-order chi connectivity index (χ1) is 7.66. The van der Waals surface area contributed by atoms with Crippen LogP contribution in [0.15, 0.2) is 32.1 Å². The van der Waals surface area contributed by atoms with E-state index in [-0.39, 0.29) is 5.91 Å². The molecule has 84 valence electrons. The molecule has 0 radical (unpaired) electrons. The summed E-state index contributed by atoms with van der Waals surface area (Å²) in [5, 5.41) is 2.78. The second-order valence-corrected chi connectivity index (χ2v) is 5.23. The summed E-state index contributed by atoms with van der Waals surface area (Å²) in [7, 11) is 0. The summed E-state index contributed by atoms with van der Waals surface area (Å²) >= 11 is 6.90. The Hall–Kier alpha value is -0.680. The van der Waals surface area contributed by atoms with Gasteiger partial charge in [0, 0.05) is 27.6 Å². The Labute approximate surface area is 111 Å². The average Bonchev–Trinajstić information content (AvgIpc) is 2.24. The average molecular weight is 346 g/mol. The van der Waals surface area contributed by atoms with Crippen LogP contribution in [0.3, 0.4) is 0 Å². The number of nitrogens with zero attached hydrogens (tertiary/aromatic N) is 1. The van der Waals surface area contributed by atoms with Gasteiger partial charge < -0.3 is 5.32 Å². The van der Waals surface area contributed by atoms with Crippen molar-refractivity contribution in [1.82, 2.24) is 5.32 Å². The van der Waals surface area contributed by atoms with Gasteiger partial charge in [-0.15, -0.1) is 0 Å².